The lowest BCUT2D eigenvalue weighted by Crippen LogP contribution is -2.55. The lowest BCUT2D eigenvalue weighted by Gasteiger charge is -2.40. The van der Waals surface area contributed by atoms with Crippen molar-refractivity contribution in [1.29, 1.82) is 0 Å². The van der Waals surface area contributed by atoms with Crippen LogP contribution in [0.4, 0.5) is 0 Å². The molecule has 1 atom stereocenters. The molecule has 238 valence electrons. The molecule has 0 saturated carbocycles. The van der Waals surface area contributed by atoms with Crippen LogP contribution in [0.2, 0.25) is 5.02 Å². The fraction of sp³-hybridized carbons (Fsp3) is 0.543. The molecule has 2 aromatic carbocycles. The molecular formula is C35H48ClN5O2S. The zero-order valence-electron chi connectivity index (χ0n) is 26.4. The molecule has 1 aliphatic rings. The van der Waals surface area contributed by atoms with E-state index in [9.17, 15) is 9.59 Å². The van der Waals surface area contributed by atoms with Gasteiger partial charge in [0.25, 0.3) is 0 Å². The fourth-order valence-corrected chi connectivity index (χ4v) is 6.81. The summed E-state index contributed by atoms with van der Waals surface area (Å²) in [5.74, 6) is 1.91. The van der Waals surface area contributed by atoms with Crippen molar-refractivity contribution in [3.05, 3.63) is 59.6 Å². The SMILES string of the molecule is CCCCCCCCCCCC(=O)N1CCN(C(=O)CCCSc2nnc(-c3ccc(Cl)cc3)n2-c2ccccc2)CC1C. The van der Waals surface area contributed by atoms with Crippen molar-refractivity contribution in [1.82, 2.24) is 24.6 Å². The average Bonchev–Trinajstić information content (AvgIpc) is 3.46. The van der Waals surface area contributed by atoms with E-state index in [0.717, 1.165) is 47.2 Å². The number of thioether (sulfide) groups is 1. The first-order valence-corrected chi connectivity index (χ1v) is 17.8. The Balaban J connectivity index is 1.19. The van der Waals surface area contributed by atoms with Crippen molar-refractivity contribution in [2.45, 2.75) is 102 Å². The van der Waals surface area contributed by atoms with E-state index in [1.54, 1.807) is 11.8 Å². The maximum Gasteiger partial charge on any atom is 0.222 e. The van der Waals surface area contributed by atoms with E-state index in [2.05, 4.69) is 28.6 Å². The van der Waals surface area contributed by atoms with Gasteiger partial charge in [0, 0.05) is 60.5 Å². The van der Waals surface area contributed by atoms with Gasteiger partial charge in [-0.1, -0.05) is 99.9 Å². The lowest BCUT2D eigenvalue weighted by molar-refractivity contribution is -0.142. The van der Waals surface area contributed by atoms with Crippen molar-refractivity contribution < 1.29 is 9.59 Å². The van der Waals surface area contributed by atoms with Crippen molar-refractivity contribution in [2.24, 2.45) is 0 Å². The quantitative estimate of drug-likeness (QED) is 0.110. The molecule has 1 saturated heterocycles. The number of hydrogen-bond acceptors (Lipinski definition) is 5. The van der Waals surface area contributed by atoms with E-state index in [0.29, 0.717) is 37.5 Å². The summed E-state index contributed by atoms with van der Waals surface area (Å²) in [7, 11) is 0. The maximum atomic E-state index is 13.1. The van der Waals surface area contributed by atoms with Gasteiger partial charge in [-0.05, 0) is 56.2 Å². The van der Waals surface area contributed by atoms with Crippen LogP contribution in [0.1, 0.15) is 90.9 Å². The van der Waals surface area contributed by atoms with Crippen LogP contribution in [0.3, 0.4) is 0 Å². The van der Waals surface area contributed by atoms with Crippen LogP contribution in [0, 0.1) is 0 Å². The number of rotatable bonds is 17. The van der Waals surface area contributed by atoms with Crippen LogP contribution in [-0.4, -0.2) is 67.8 Å². The Morgan fingerprint density at radius 1 is 0.818 bits per heavy atom. The molecule has 0 N–H and O–H groups in total. The van der Waals surface area contributed by atoms with E-state index < -0.39 is 0 Å². The zero-order valence-corrected chi connectivity index (χ0v) is 28.0. The van der Waals surface area contributed by atoms with Gasteiger partial charge >= 0.3 is 0 Å². The number of carbonyl (C=O) groups is 2. The average molecular weight is 638 g/mol. The number of halogens is 1. The Bertz CT molecular complexity index is 1300. The molecule has 0 aliphatic carbocycles. The second-order valence-corrected chi connectivity index (χ2v) is 13.3. The van der Waals surface area contributed by atoms with Crippen molar-refractivity contribution in [3.8, 4) is 17.1 Å². The molecule has 1 unspecified atom stereocenters. The molecule has 1 aliphatic heterocycles. The van der Waals surface area contributed by atoms with Gasteiger partial charge in [-0.15, -0.1) is 10.2 Å². The Morgan fingerprint density at radius 3 is 2.16 bits per heavy atom. The van der Waals surface area contributed by atoms with Crippen LogP contribution in [0.5, 0.6) is 0 Å². The second kappa shape index (κ2) is 18.2. The zero-order chi connectivity index (χ0) is 31.1. The molecule has 1 fully saturated rings. The molecule has 0 spiro atoms. The van der Waals surface area contributed by atoms with Crippen LogP contribution in [0.25, 0.3) is 17.1 Å². The Hall–Kier alpha value is -2.84. The first kappa shape index (κ1) is 34.0. The molecule has 0 radical (unpaired) electrons. The predicted octanol–water partition coefficient (Wildman–Crippen LogP) is 8.44. The summed E-state index contributed by atoms with van der Waals surface area (Å²) < 4.78 is 2.06. The number of para-hydroxylation sites is 1. The largest absolute Gasteiger partial charge is 0.339 e. The summed E-state index contributed by atoms with van der Waals surface area (Å²) in [6.45, 7) is 6.18. The van der Waals surface area contributed by atoms with Crippen LogP contribution < -0.4 is 0 Å². The van der Waals surface area contributed by atoms with Gasteiger partial charge in [0.05, 0.1) is 0 Å². The predicted molar refractivity (Wildman–Crippen MR) is 181 cm³/mol. The topological polar surface area (TPSA) is 71.3 Å². The first-order chi connectivity index (χ1) is 21.5. The highest BCUT2D eigenvalue weighted by Crippen LogP contribution is 2.29. The number of hydrogen-bond donors (Lipinski definition) is 0. The van der Waals surface area contributed by atoms with Gasteiger partial charge in [0.1, 0.15) is 0 Å². The van der Waals surface area contributed by atoms with Crippen LogP contribution in [-0.2, 0) is 9.59 Å². The summed E-state index contributed by atoms with van der Waals surface area (Å²) in [4.78, 5) is 29.9. The smallest absolute Gasteiger partial charge is 0.222 e. The van der Waals surface area contributed by atoms with E-state index >= 15 is 0 Å². The Labute approximate surface area is 272 Å². The van der Waals surface area contributed by atoms with Crippen LogP contribution in [0.15, 0.2) is 59.8 Å². The maximum absolute atomic E-state index is 13.1. The number of carbonyl (C=O) groups excluding carboxylic acids is 2. The molecule has 0 bridgehead atoms. The molecule has 9 heteroatoms. The molecule has 44 heavy (non-hydrogen) atoms. The third-order valence-electron chi connectivity index (χ3n) is 8.31. The van der Waals surface area contributed by atoms with Gasteiger partial charge in [-0.3, -0.25) is 14.2 Å². The molecule has 7 nitrogen and oxygen atoms in total. The normalized spacial score (nSPS) is 15.1. The van der Waals surface area contributed by atoms with Crippen molar-refractivity contribution in [3.63, 3.8) is 0 Å². The monoisotopic (exact) mass is 637 g/mol. The highest BCUT2D eigenvalue weighted by atomic mass is 35.5. The van der Waals surface area contributed by atoms with E-state index in [1.807, 2.05) is 64.4 Å². The molecule has 4 rings (SSSR count). The number of amides is 2. The molecule has 3 aromatic rings. The van der Waals surface area contributed by atoms with Gasteiger partial charge in [-0.2, -0.15) is 0 Å². The second-order valence-electron chi connectivity index (χ2n) is 11.8. The summed E-state index contributed by atoms with van der Waals surface area (Å²) >= 11 is 7.72. The summed E-state index contributed by atoms with van der Waals surface area (Å²) in [6, 6.07) is 17.7. The van der Waals surface area contributed by atoms with Gasteiger partial charge in [0.2, 0.25) is 11.8 Å². The minimum absolute atomic E-state index is 0.0591. The van der Waals surface area contributed by atoms with Crippen molar-refractivity contribution in [2.75, 3.05) is 25.4 Å². The number of piperazine rings is 1. The summed E-state index contributed by atoms with van der Waals surface area (Å²) in [5, 5.41) is 10.5. The van der Waals surface area contributed by atoms with Crippen molar-refractivity contribution >= 4 is 35.2 Å². The summed E-state index contributed by atoms with van der Waals surface area (Å²) in [5.41, 5.74) is 1.92. The molecule has 2 heterocycles. The van der Waals surface area contributed by atoms with Gasteiger partial charge < -0.3 is 9.80 Å². The van der Waals surface area contributed by atoms with E-state index in [1.165, 1.54) is 44.9 Å². The highest BCUT2D eigenvalue weighted by molar-refractivity contribution is 7.99. The van der Waals surface area contributed by atoms with Crippen LogP contribution >= 0.6 is 23.4 Å². The Kier molecular flexibility index (Phi) is 14.1. The lowest BCUT2D eigenvalue weighted by atomic mass is 10.1. The molecule has 1 aromatic heterocycles. The van der Waals surface area contributed by atoms with E-state index in [4.69, 9.17) is 11.6 Å². The standard InChI is InChI=1S/C35H48ClN5O2S/c1-3-4-5-6-7-8-9-10-14-18-33(43)40-25-24-39(27-28(40)2)32(42)19-15-26-44-35-38-37-34(29-20-22-30(36)23-21-29)41(35)31-16-12-11-13-17-31/h11-13,16-17,20-23,28H,3-10,14-15,18-19,24-27H2,1-2H3. The van der Waals surface area contributed by atoms with Gasteiger partial charge in [-0.25, -0.2) is 0 Å². The number of benzene rings is 2. The number of nitrogens with zero attached hydrogens (tertiary/aromatic N) is 5. The van der Waals surface area contributed by atoms with Gasteiger partial charge in [0.15, 0.2) is 11.0 Å². The first-order valence-electron chi connectivity index (χ1n) is 16.4. The molecular weight excluding hydrogens is 590 g/mol. The Morgan fingerprint density at radius 2 is 1.48 bits per heavy atom. The highest BCUT2D eigenvalue weighted by Gasteiger charge is 2.29. The third-order valence-corrected chi connectivity index (χ3v) is 9.58. The third kappa shape index (κ3) is 10.1. The minimum atomic E-state index is 0.0591. The number of aromatic nitrogens is 3. The number of unbranched alkanes of at least 4 members (excludes halogenated alkanes) is 8. The molecule has 2 amide bonds. The fourth-order valence-electron chi connectivity index (χ4n) is 5.79. The minimum Gasteiger partial charge on any atom is -0.339 e. The van der Waals surface area contributed by atoms with E-state index in [-0.39, 0.29) is 17.9 Å². The summed E-state index contributed by atoms with van der Waals surface area (Å²) in [6.07, 6.45) is 13.1.